The summed E-state index contributed by atoms with van der Waals surface area (Å²) in [7, 11) is 0. The molecule has 4 aromatic rings. The number of nitrogens with one attached hydrogen (secondary N) is 1. The van der Waals surface area contributed by atoms with Crippen LogP contribution in [0.1, 0.15) is 34.9 Å². The fourth-order valence-corrected chi connectivity index (χ4v) is 4.77. The van der Waals surface area contributed by atoms with Crippen LogP contribution in [0.4, 0.5) is 0 Å². The van der Waals surface area contributed by atoms with Crippen LogP contribution in [0, 0.1) is 6.92 Å². The third-order valence-electron chi connectivity index (χ3n) is 5.85. The quantitative estimate of drug-likeness (QED) is 0.431. The molecule has 1 amide bonds. The normalized spacial score (nSPS) is 15.1. The third kappa shape index (κ3) is 4.74. The molecule has 0 fully saturated rings. The first kappa shape index (κ1) is 22.6. The van der Waals surface area contributed by atoms with E-state index < -0.39 is 12.0 Å². The van der Waals surface area contributed by atoms with Crippen LogP contribution >= 0.6 is 11.3 Å². The highest BCUT2D eigenvalue weighted by atomic mass is 32.1. The second-order valence-corrected chi connectivity index (χ2v) is 9.28. The number of amides is 1. The van der Waals surface area contributed by atoms with Crippen molar-refractivity contribution in [2.24, 2.45) is 0 Å². The minimum Gasteiger partial charge on any atom is -0.550 e. The van der Waals surface area contributed by atoms with E-state index in [2.05, 4.69) is 5.43 Å². The summed E-state index contributed by atoms with van der Waals surface area (Å²) in [5, 5.41) is 19.4. The van der Waals surface area contributed by atoms with Gasteiger partial charge in [0.2, 0.25) is 5.91 Å². The van der Waals surface area contributed by atoms with Gasteiger partial charge in [-0.15, -0.1) is 11.3 Å². The summed E-state index contributed by atoms with van der Waals surface area (Å²) in [6, 6.07) is 21.3. The molecule has 0 unspecified atom stereocenters. The van der Waals surface area contributed by atoms with Gasteiger partial charge >= 0.3 is 0 Å². The standard InChI is InChI=1S/C27H24N4O3S/c1-18-9-11-19(12-10-18)27-21(17-30(29-27)20-6-3-2-4-7-20)23-16-22(24-8-5-15-35-24)28-31(23)25(32)13-14-26(33)34/h2-12,15-17,23,28H,13-14H2,1H3,(H,33,34)/p-1/t23-/m1/s1. The van der Waals surface area contributed by atoms with Gasteiger partial charge in [-0.05, 0) is 43.0 Å². The summed E-state index contributed by atoms with van der Waals surface area (Å²) in [6.45, 7) is 2.03. The Bertz CT molecular complexity index is 1380. The van der Waals surface area contributed by atoms with Crippen LogP contribution in [-0.4, -0.2) is 26.7 Å². The van der Waals surface area contributed by atoms with Crippen molar-refractivity contribution in [2.75, 3.05) is 0 Å². The number of aromatic nitrogens is 2. The van der Waals surface area contributed by atoms with Gasteiger partial charge in [0, 0.05) is 29.7 Å². The highest BCUT2D eigenvalue weighted by Gasteiger charge is 2.34. The SMILES string of the molecule is Cc1ccc(-c2nn(-c3ccccc3)cc2[C@H]2C=C(c3cccs3)NN2C(=O)CCC(=O)[O-])cc1. The summed E-state index contributed by atoms with van der Waals surface area (Å²) in [4.78, 5) is 25.1. The van der Waals surface area contributed by atoms with E-state index in [4.69, 9.17) is 5.10 Å². The molecule has 1 aliphatic heterocycles. The van der Waals surface area contributed by atoms with Crippen molar-refractivity contribution in [3.8, 4) is 16.9 Å². The van der Waals surface area contributed by atoms with Gasteiger partial charge in [-0.2, -0.15) is 5.10 Å². The molecule has 176 valence electrons. The number of rotatable bonds is 7. The molecule has 0 aliphatic carbocycles. The van der Waals surface area contributed by atoms with Crippen molar-refractivity contribution in [1.82, 2.24) is 20.2 Å². The number of aryl methyl sites for hydroxylation is 1. The highest BCUT2D eigenvalue weighted by molar-refractivity contribution is 7.11. The lowest BCUT2D eigenvalue weighted by atomic mass is 10.0. The summed E-state index contributed by atoms with van der Waals surface area (Å²) in [5.74, 6) is -1.58. The first-order valence-electron chi connectivity index (χ1n) is 11.3. The molecule has 2 aromatic heterocycles. The zero-order chi connectivity index (χ0) is 24.4. The Kier molecular flexibility index (Phi) is 6.20. The first-order chi connectivity index (χ1) is 17.0. The van der Waals surface area contributed by atoms with Gasteiger partial charge in [0.05, 0.1) is 22.0 Å². The number of para-hydroxylation sites is 1. The number of thiophene rings is 1. The number of carbonyl (C=O) groups excluding carboxylic acids is 2. The van der Waals surface area contributed by atoms with Gasteiger partial charge in [-0.25, -0.2) is 9.69 Å². The Labute approximate surface area is 206 Å². The lowest BCUT2D eigenvalue weighted by Crippen LogP contribution is -2.40. The fraction of sp³-hybridized carbons (Fsp3) is 0.148. The molecule has 0 spiro atoms. The molecule has 8 heteroatoms. The van der Waals surface area contributed by atoms with Crippen LogP contribution in [-0.2, 0) is 9.59 Å². The summed E-state index contributed by atoms with van der Waals surface area (Å²) in [5.41, 5.74) is 8.56. The maximum Gasteiger partial charge on any atom is 0.242 e. The van der Waals surface area contributed by atoms with Crippen LogP contribution in [0.25, 0.3) is 22.6 Å². The van der Waals surface area contributed by atoms with E-state index in [1.165, 1.54) is 5.01 Å². The monoisotopic (exact) mass is 483 g/mol. The predicted octanol–water partition coefficient (Wildman–Crippen LogP) is 3.87. The molecule has 35 heavy (non-hydrogen) atoms. The zero-order valence-corrected chi connectivity index (χ0v) is 19.9. The van der Waals surface area contributed by atoms with Crippen LogP contribution in [0.15, 0.2) is 84.4 Å². The van der Waals surface area contributed by atoms with Crippen molar-refractivity contribution in [2.45, 2.75) is 25.8 Å². The molecule has 3 heterocycles. The second-order valence-electron chi connectivity index (χ2n) is 8.33. The van der Waals surface area contributed by atoms with Crippen molar-refractivity contribution in [1.29, 1.82) is 0 Å². The van der Waals surface area contributed by atoms with E-state index in [9.17, 15) is 14.7 Å². The fourth-order valence-electron chi connectivity index (χ4n) is 4.07. The number of hydrogen-bond donors (Lipinski definition) is 1. The summed E-state index contributed by atoms with van der Waals surface area (Å²) < 4.78 is 1.81. The van der Waals surface area contributed by atoms with E-state index in [0.29, 0.717) is 0 Å². The average Bonchev–Trinajstić information content (AvgIpc) is 3.63. The molecule has 7 nitrogen and oxygen atoms in total. The Morgan fingerprint density at radius 1 is 1.03 bits per heavy atom. The number of carbonyl (C=O) groups is 2. The van der Waals surface area contributed by atoms with Crippen LogP contribution in [0.3, 0.4) is 0 Å². The number of carboxylic acid groups (broad SMARTS) is 1. The Hall–Kier alpha value is -4.17. The Morgan fingerprint density at radius 3 is 2.49 bits per heavy atom. The number of carboxylic acids is 1. The van der Waals surface area contributed by atoms with Crippen molar-refractivity contribution >= 4 is 28.9 Å². The molecular formula is C27H23N4O3S-. The van der Waals surface area contributed by atoms with Crippen molar-refractivity contribution < 1.29 is 14.7 Å². The van der Waals surface area contributed by atoms with Crippen LogP contribution in [0.5, 0.6) is 0 Å². The first-order valence-corrected chi connectivity index (χ1v) is 12.1. The molecule has 5 rings (SSSR count). The second kappa shape index (κ2) is 9.60. The third-order valence-corrected chi connectivity index (χ3v) is 6.75. The summed E-state index contributed by atoms with van der Waals surface area (Å²) in [6.07, 6.45) is 3.42. The van der Waals surface area contributed by atoms with Crippen molar-refractivity contribution in [3.63, 3.8) is 0 Å². The van der Waals surface area contributed by atoms with E-state index in [1.807, 2.05) is 96.0 Å². The maximum atomic E-state index is 13.1. The highest BCUT2D eigenvalue weighted by Crippen LogP contribution is 2.38. The largest absolute Gasteiger partial charge is 0.550 e. The van der Waals surface area contributed by atoms with E-state index in [0.717, 1.165) is 38.6 Å². The average molecular weight is 484 g/mol. The number of hydrazine groups is 1. The van der Waals surface area contributed by atoms with Gasteiger partial charge in [0.15, 0.2) is 0 Å². The molecule has 1 atom stereocenters. The van der Waals surface area contributed by atoms with Gasteiger partial charge < -0.3 is 9.90 Å². The maximum absolute atomic E-state index is 13.1. The van der Waals surface area contributed by atoms with Crippen LogP contribution < -0.4 is 10.5 Å². The molecule has 1 aliphatic rings. The van der Waals surface area contributed by atoms with Gasteiger partial charge in [0.25, 0.3) is 0 Å². The minimum absolute atomic E-state index is 0.163. The smallest absolute Gasteiger partial charge is 0.242 e. The minimum atomic E-state index is -1.25. The van der Waals surface area contributed by atoms with Gasteiger partial charge in [-0.1, -0.05) is 54.1 Å². The molecule has 1 N–H and O–H groups in total. The molecular weight excluding hydrogens is 460 g/mol. The predicted molar refractivity (Wildman–Crippen MR) is 133 cm³/mol. The lowest BCUT2D eigenvalue weighted by Gasteiger charge is -2.25. The Morgan fingerprint density at radius 2 is 1.80 bits per heavy atom. The number of hydrogen-bond acceptors (Lipinski definition) is 6. The van der Waals surface area contributed by atoms with Crippen molar-refractivity contribution in [3.05, 3.63) is 100 Å². The lowest BCUT2D eigenvalue weighted by molar-refractivity contribution is -0.305. The summed E-state index contributed by atoms with van der Waals surface area (Å²) >= 11 is 1.56. The molecule has 2 aromatic carbocycles. The molecule has 0 saturated heterocycles. The molecule has 0 saturated carbocycles. The van der Waals surface area contributed by atoms with Crippen LogP contribution in [0.2, 0.25) is 0 Å². The van der Waals surface area contributed by atoms with E-state index in [-0.39, 0.29) is 18.7 Å². The van der Waals surface area contributed by atoms with Gasteiger partial charge in [-0.3, -0.25) is 10.2 Å². The van der Waals surface area contributed by atoms with Gasteiger partial charge in [0.1, 0.15) is 6.04 Å². The molecule has 0 bridgehead atoms. The topological polar surface area (TPSA) is 90.3 Å². The van der Waals surface area contributed by atoms with E-state index in [1.54, 1.807) is 11.3 Å². The molecule has 0 radical (unpaired) electrons. The Balaban J connectivity index is 1.62. The number of nitrogens with zero attached hydrogens (tertiary/aromatic N) is 3. The zero-order valence-electron chi connectivity index (χ0n) is 19.0. The number of aliphatic carboxylic acids is 1. The number of benzene rings is 2. The van der Waals surface area contributed by atoms with E-state index >= 15 is 0 Å².